The van der Waals surface area contributed by atoms with E-state index in [0.717, 1.165) is 57.1 Å². The van der Waals surface area contributed by atoms with Crippen LogP contribution in [0.1, 0.15) is 43.3 Å². The van der Waals surface area contributed by atoms with E-state index in [1.54, 1.807) is 12.5 Å². The first-order valence-corrected chi connectivity index (χ1v) is 9.31. The van der Waals surface area contributed by atoms with E-state index in [4.69, 9.17) is 0 Å². The van der Waals surface area contributed by atoms with Gasteiger partial charge in [0.2, 0.25) is 5.91 Å². The molecule has 2 aromatic rings. The molecule has 1 fully saturated rings. The molecule has 0 aliphatic carbocycles. The van der Waals surface area contributed by atoms with Crippen LogP contribution in [0.25, 0.3) is 0 Å². The molecule has 0 spiro atoms. The fourth-order valence-corrected chi connectivity index (χ4v) is 3.53. The number of piperidine rings is 1. The van der Waals surface area contributed by atoms with E-state index in [0.29, 0.717) is 12.3 Å². The van der Waals surface area contributed by atoms with Gasteiger partial charge in [-0.15, -0.1) is 10.2 Å². The highest BCUT2D eigenvalue weighted by Gasteiger charge is 2.27. The van der Waals surface area contributed by atoms with Crippen LogP contribution in [0.2, 0.25) is 0 Å². The highest BCUT2D eigenvalue weighted by Crippen LogP contribution is 2.27. The summed E-state index contributed by atoms with van der Waals surface area (Å²) < 4.78 is 4.13. The number of carbonyl (C=O) groups excluding carboxylic acids is 1. The van der Waals surface area contributed by atoms with Crippen LogP contribution in [0.15, 0.2) is 18.7 Å². The predicted octanol–water partition coefficient (Wildman–Crippen LogP) is 1.26. The first kappa shape index (κ1) is 18.6. The molecule has 0 saturated carbocycles. The molecule has 0 aromatic carbocycles. The fraction of sp³-hybridized carbons (Fsp3) is 0.667. The number of nitrogens with zero attached hydrogens (tertiary/aromatic N) is 7. The number of likely N-dealkylation sites (tertiary alicyclic amines) is 1. The number of aromatic nitrogens is 5. The van der Waals surface area contributed by atoms with Gasteiger partial charge in [0.05, 0.1) is 12.9 Å². The Bertz CT molecular complexity index is 699. The fourth-order valence-electron chi connectivity index (χ4n) is 3.53. The van der Waals surface area contributed by atoms with E-state index < -0.39 is 0 Å². The second-order valence-electron chi connectivity index (χ2n) is 7.33. The molecule has 1 saturated heterocycles. The summed E-state index contributed by atoms with van der Waals surface area (Å²) in [6.07, 6.45) is 8.86. The maximum atomic E-state index is 12.4. The number of hydrogen-bond acceptors (Lipinski definition) is 5. The third-order valence-electron chi connectivity index (χ3n) is 5.04. The van der Waals surface area contributed by atoms with Crippen molar-refractivity contribution in [3.8, 4) is 0 Å². The molecule has 3 rings (SSSR count). The molecule has 2 aromatic heterocycles. The van der Waals surface area contributed by atoms with Gasteiger partial charge < -0.3 is 18.9 Å². The second kappa shape index (κ2) is 8.44. The van der Waals surface area contributed by atoms with E-state index in [9.17, 15) is 4.79 Å². The molecular formula is C18H29N7O. The highest BCUT2D eigenvalue weighted by atomic mass is 16.2. The Morgan fingerprint density at radius 3 is 2.69 bits per heavy atom. The summed E-state index contributed by atoms with van der Waals surface area (Å²) in [7, 11) is 6.11. The zero-order valence-corrected chi connectivity index (χ0v) is 16.0. The van der Waals surface area contributed by atoms with Crippen molar-refractivity contribution in [2.45, 2.75) is 44.7 Å². The Hall–Kier alpha value is -2.22. The van der Waals surface area contributed by atoms with Crippen LogP contribution in [-0.4, -0.2) is 67.2 Å². The van der Waals surface area contributed by atoms with Crippen LogP contribution in [0.3, 0.4) is 0 Å². The molecule has 1 aliphatic heterocycles. The molecule has 1 amide bonds. The first-order chi connectivity index (χ1) is 12.5. The Morgan fingerprint density at radius 1 is 1.27 bits per heavy atom. The quantitative estimate of drug-likeness (QED) is 0.744. The summed E-state index contributed by atoms with van der Waals surface area (Å²) in [5.41, 5.74) is 0. The maximum Gasteiger partial charge on any atom is 0.222 e. The van der Waals surface area contributed by atoms with E-state index in [2.05, 4.69) is 24.6 Å². The summed E-state index contributed by atoms with van der Waals surface area (Å²) in [5, 5.41) is 8.75. The number of imidazole rings is 1. The first-order valence-electron chi connectivity index (χ1n) is 9.31. The molecule has 0 atom stereocenters. The lowest BCUT2D eigenvalue weighted by atomic mass is 9.95. The minimum absolute atomic E-state index is 0.259. The van der Waals surface area contributed by atoms with Crippen LogP contribution in [0.4, 0.5) is 0 Å². The lowest BCUT2D eigenvalue weighted by molar-refractivity contribution is -0.132. The highest BCUT2D eigenvalue weighted by molar-refractivity contribution is 5.76. The molecule has 0 radical (unpaired) electrons. The summed E-state index contributed by atoms with van der Waals surface area (Å²) in [5.74, 6) is 2.69. The maximum absolute atomic E-state index is 12.4. The van der Waals surface area contributed by atoms with Crippen LogP contribution >= 0.6 is 0 Å². The van der Waals surface area contributed by atoms with Crippen molar-refractivity contribution in [2.24, 2.45) is 7.05 Å². The van der Waals surface area contributed by atoms with Crippen molar-refractivity contribution in [2.75, 3.05) is 27.2 Å². The number of amides is 1. The van der Waals surface area contributed by atoms with Gasteiger partial charge in [0.1, 0.15) is 11.6 Å². The minimum Gasteiger partial charge on any atom is -0.343 e. The molecule has 0 N–H and O–H groups in total. The SMILES string of the molecule is CN(C)Cc1nnc(C2CCN(C(=O)CCCn3ccnc3)CC2)n1C. The van der Waals surface area contributed by atoms with Gasteiger partial charge in [-0.05, 0) is 33.4 Å². The molecule has 3 heterocycles. The Morgan fingerprint density at radius 2 is 2.04 bits per heavy atom. The summed E-state index contributed by atoms with van der Waals surface area (Å²) in [6, 6.07) is 0. The Balaban J connectivity index is 1.46. The average molecular weight is 359 g/mol. The molecule has 142 valence electrons. The Labute approximate surface area is 154 Å². The van der Waals surface area contributed by atoms with Gasteiger partial charge in [-0.25, -0.2) is 4.98 Å². The van der Waals surface area contributed by atoms with Crippen LogP contribution in [-0.2, 0) is 24.9 Å². The third kappa shape index (κ3) is 4.49. The van der Waals surface area contributed by atoms with E-state index >= 15 is 0 Å². The normalized spacial score (nSPS) is 15.8. The van der Waals surface area contributed by atoms with Gasteiger partial charge in [-0.2, -0.15) is 0 Å². The van der Waals surface area contributed by atoms with Gasteiger partial charge >= 0.3 is 0 Å². The minimum atomic E-state index is 0.259. The smallest absolute Gasteiger partial charge is 0.222 e. The number of carbonyl (C=O) groups is 1. The van der Waals surface area contributed by atoms with Gasteiger partial charge in [0.15, 0.2) is 0 Å². The second-order valence-corrected chi connectivity index (χ2v) is 7.33. The van der Waals surface area contributed by atoms with Crippen LogP contribution in [0, 0.1) is 0 Å². The zero-order chi connectivity index (χ0) is 18.5. The van der Waals surface area contributed by atoms with Gasteiger partial charge in [-0.1, -0.05) is 0 Å². The average Bonchev–Trinajstić information content (AvgIpc) is 3.25. The largest absolute Gasteiger partial charge is 0.343 e. The molecular weight excluding hydrogens is 330 g/mol. The standard InChI is InChI=1S/C18H29N7O/c1-22(2)13-16-20-21-18(23(16)3)15-6-10-25(11-7-15)17(26)5-4-9-24-12-8-19-14-24/h8,12,14-15H,4-7,9-11,13H2,1-3H3. The Kier molecular flexibility index (Phi) is 6.03. The number of rotatable bonds is 7. The molecule has 26 heavy (non-hydrogen) atoms. The van der Waals surface area contributed by atoms with Crippen molar-refractivity contribution in [1.29, 1.82) is 0 Å². The lowest BCUT2D eigenvalue weighted by Gasteiger charge is -2.31. The van der Waals surface area contributed by atoms with Crippen molar-refractivity contribution in [3.05, 3.63) is 30.4 Å². The van der Waals surface area contributed by atoms with Crippen LogP contribution in [0.5, 0.6) is 0 Å². The van der Waals surface area contributed by atoms with Gasteiger partial charge in [0.25, 0.3) is 0 Å². The molecule has 8 nitrogen and oxygen atoms in total. The topological polar surface area (TPSA) is 72.1 Å². The van der Waals surface area contributed by atoms with Crippen molar-refractivity contribution < 1.29 is 4.79 Å². The molecule has 0 bridgehead atoms. The van der Waals surface area contributed by atoms with E-state index in [1.807, 2.05) is 36.8 Å². The molecule has 1 aliphatic rings. The third-order valence-corrected chi connectivity index (χ3v) is 5.04. The van der Waals surface area contributed by atoms with Crippen molar-refractivity contribution in [3.63, 3.8) is 0 Å². The predicted molar refractivity (Wildman–Crippen MR) is 98.4 cm³/mol. The van der Waals surface area contributed by atoms with Gasteiger partial charge in [0, 0.05) is 51.4 Å². The monoisotopic (exact) mass is 359 g/mol. The van der Waals surface area contributed by atoms with E-state index in [-0.39, 0.29) is 5.91 Å². The molecule has 8 heteroatoms. The summed E-state index contributed by atoms with van der Waals surface area (Å²) in [6.45, 7) is 3.25. The number of hydrogen-bond donors (Lipinski definition) is 0. The van der Waals surface area contributed by atoms with Crippen molar-refractivity contribution >= 4 is 5.91 Å². The van der Waals surface area contributed by atoms with Crippen molar-refractivity contribution in [1.82, 2.24) is 34.1 Å². The summed E-state index contributed by atoms with van der Waals surface area (Å²) >= 11 is 0. The number of aryl methyl sites for hydroxylation is 1. The van der Waals surface area contributed by atoms with Crippen LogP contribution < -0.4 is 0 Å². The molecule has 0 unspecified atom stereocenters. The van der Waals surface area contributed by atoms with E-state index in [1.165, 1.54) is 0 Å². The zero-order valence-electron chi connectivity index (χ0n) is 16.0. The summed E-state index contributed by atoms with van der Waals surface area (Å²) in [4.78, 5) is 20.5. The van der Waals surface area contributed by atoms with Gasteiger partial charge in [-0.3, -0.25) is 4.79 Å². The lowest BCUT2D eigenvalue weighted by Crippen LogP contribution is -2.38.